The standard InChI is InChI=1S/C17H28F3NO5/c1-12(2)6-7-13(16(23)24)14(8-9-17(18,19)20)21(11-22)26-15-5-3-4-10-25-15/h11-15H,3-10H2,1-2H3,(H,23,24)/t13-,14+,15?/m1/s1. The van der Waals surface area contributed by atoms with Gasteiger partial charge in [-0.2, -0.15) is 13.2 Å². The second-order valence-corrected chi connectivity index (χ2v) is 7.00. The van der Waals surface area contributed by atoms with Gasteiger partial charge >= 0.3 is 12.1 Å². The van der Waals surface area contributed by atoms with E-state index in [1.54, 1.807) is 0 Å². The van der Waals surface area contributed by atoms with Crippen molar-refractivity contribution in [3.8, 4) is 0 Å². The van der Waals surface area contributed by atoms with Crippen LogP contribution in [0.25, 0.3) is 0 Å². The molecule has 1 unspecified atom stereocenters. The predicted molar refractivity (Wildman–Crippen MR) is 86.9 cm³/mol. The molecule has 1 saturated heterocycles. The number of carboxylic acids is 1. The molecule has 1 rings (SSSR count). The van der Waals surface area contributed by atoms with Crippen LogP contribution in [0.2, 0.25) is 0 Å². The van der Waals surface area contributed by atoms with Crippen molar-refractivity contribution in [3.63, 3.8) is 0 Å². The zero-order chi connectivity index (χ0) is 19.7. The molecule has 3 atom stereocenters. The molecule has 0 aromatic heterocycles. The van der Waals surface area contributed by atoms with E-state index >= 15 is 0 Å². The van der Waals surface area contributed by atoms with Crippen molar-refractivity contribution in [2.24, 2.45) is 11.8 Å². The molecular formula is C17H28F3NO5. The van der Waals surface area contributed by atoms with E-state index in [0.717, 1.165) is 17.9 Å². The summed E-state index contributed by atoms with van der Waals surface area (Å²) in [5, 5.41) is 10.2. The third-order valence-corrected chi connectivity index (χ3v) is 4.37. The lowest BCUT2D eigenvalue weighted by Gasteiger charge is -2.35. The van der Waals surface area contributed by atoms with Crippen LogP contribution in [-0.2, 0) is 19.2 Å². The van der Waals surface area contributed by atoms with E-state index < -0.39 is 43.2 Å². The summed E-state index contributed by atoms with van der Waals surface area (Å²) in [4.78, 5) is 28.6. The fourth-order valence-corrected chi connectivity index (χ4v) is 2.92. The molecule has 1 heterocycles. The van der Waals surface area contributed by atoms with Crippen molar-refractivity contribution in [2.75, 3.05) is 6.61 Å². The fourth-order valence-electron chi connectivity index (χ4n) is 2.92. The van der Waals surface area contributed by atoms with Crippen molar-refractivity contribution >= 4 is 12.4 Å². The molecule has 0 aromatic carbocycles. The van der Waals surface area contributed by atoms with Gasteiger partial charge in [-0.3, -0.25) is 9.59 Å². The van der Waals surface area contributed by atoms with Gasteiger partial charge in [0.25, 0.3) is 0 Å². The van der Waals surface area contributed by atoms with Gasteiger partial charge in [0.05, 0.1) is 12.0 Å². The third-order valence-electron chi connectivity index (χ3n) is 4.37. The Morgan fingerprint density at radius 3 is 2.46 bits per heavy atom. The summed E-state index contributed by atoms with van der Waals surface area (Å²) >= 11 is 0. The van der Waals surface area contributed by atoms with Gasteiger partial charge in [0.15, 0.2) is 6.29 Å². The van der Waals surface area contributed by atoms with Crippen molar-refractivity contribution in [1.29, 1.82) is 0 Å². The summed E-state index contributed by atoms with van der Waals surface area (Å²) in [6, 6.07) is -1.21. The van der Waals surface area contributed by atoms with Gasteiger partial charge < -0.3 is 9.84 Å². The SMILES string of the molecule is CC(C)CC[C@@H](C(=O)O)[C@H](CCC(F)(F)F)N(C=O)OC1CCCCO1. The van der Waals surface area contributed by atoms with Crippen LogP contribution in [-0.4, -0.2) is 47.7 Å². The van der Waals surface area contributed by atoms with E-state index in [2.05, 4.69) is 0 Å². The van der Waals surface area contributed by atoms with Gasteiger partial charge in [0.1, 0.15) is 0 Å². The minimum absolute atomic E-state index is 0.161. The van der Waals surface area contributed by atoms with Gasteiger partial charge in [0.2, 0.25) is 6.41 Å². The highest BCUT2D eigenvalue weighted by molar-refractivity contribution is 5.71. The highest BCUT2D eigenvalue weighted by Crippen LogP contribution is 2.30. The number of nitrogens with zero attached hydrogens (tertiary/aromatic N) is 1. The maximum absolute atomic E-state index is 12.7. The van der Waals surface area contributed by atoms with E-state index in [1.807, 2.05) is 13.8 Å². The number of hydroxylamine groups is 2. The number of halogens is 3. The minimum Gasteiger partial charge on any atom is -0.481 e. The molecule has 0 radical (unpaired) electrons. The topological polar surface area (TPSA) is 76.1 Å². The lowest BCUT2D eigenvalue weighted by molar-refractivity contribution is -0.291. The van der Waals surface area contributed by atoms with E-state index in [-0.39, 0.29) is 18.7 Å². The molecule has 9 heteroatoms. The van der Waals surface area contributed by atoms with Crippen LogP contribution < -0.4 is 0 Å². The summed E-state index contributed by atoms with van der Waals surface area (Å²) in [5.74, 6) is -2.20. The van der Waals surface area contributed by atoms with Crippen LogP contribution in [0.3, 0.4) is 0 Å². The van der Waals surface area contributed by atoms with Gasteiger partial charge in [-0.25, -0.2) is 9.90 Å². The molecule has 152 valence electrons. The summed E-state index contributed by atoms with van der Waals surface area (Å²) < 4.78 is 43.5. The molecule has 1 aliphatic heterocycles. The molecule has 1 N–H and O–H groups in total. The summed E-state index contributed by atoms with van der Waals surface area (Å²) in [7, 11) is 0. The lowest BCUT2D eigenvalue weighted by Crippen LogP contribution is -2.46. The van der Waals surface area contributed by atoms with Crippen molar-refractivity contribution in [2.45, 2.75) is 77.3 Å². The Morgan fingerprint density at radius 2 is 2.00 bits per heavy atom. The van der Waals surface area contributed by atoms with E-state index in [4.69, 9.17) is 9.57 Å². The Kier molecular flexibility index (Phi) is 9.35. The van der Waals surface area contributed by atoms with E-state index in [1.165, 1.54) is 0 Å². The molecule has 6 nitrogen and oxygen atoms in total. The molecule has 0 saturated carbocycles. The third kappa shape index (κ3) is 8.35. The quantitative estimate of drug-likeness (QED) is 0.434. The number of carboxylic acid groups (broad SMARTS) is 1. The van der Waals surface area contributed by atoms with E-state index in [9.17, 15) is 27.9 Å². The number of aliphatic carboxylic acids is 1. The normalized spacial score (nSPS) is 20.6. The second kappa shape index (κ2) is 10.7. The Labute approximate surface area is 151 Å². The number of amides is 1. The van der Waals surface area contributed by atoms with Gasteiger partial charge in [-0.05, 0) is 31.6 Å². The van der Waals surface area contributed by atoms with Crippen molar-refractivity contribution in [1.82, 2.24) is 5.06 Å². The minimum atomic E-state index is -4.45. The first kappa shape index (κ1) is 22.7. The molecule has 1 fully saturated rings. The van der Waals surface area contributed by atoms with Crippen LogP contribution in [0.15, 0.2) is 0 Å². The Balaban J connectivity index is 2.93. The summed E-state index contributed by atoms with van der Waals surface area (Å²) in [6.45, 7) is 4.22. The second-order valence-electron chi connectivity index (χ2n) is 7.00. The molecule has 26 heavy (non-hydrogen) atoms. The van der Waals surface area contributed by atoms with Crippen molar-refractivity contribution in [3.05, 3.63) is 0 Å². The molecule has 1 amide bonds. The Hall–Kier alpha value is -1.35. The largest absolute Gasteiger partial charge is 0.481 e. The summed E-state index contributed by atoms with van der Waals surface area (Å²) in [6.07, 6.45) is -3.85. The van der Waals surface area contributed by atoms with Gasteiger partial charge in [-0.15, -0.1) is 0 Å². The number of carbonyl (C=O) groups excluding carboxylic acids is 1. The zero-order valence-corrected chi connectivity index (χ0v) is 15.2. The molecule has 1 aliphatic rings. The average molecular weight is 383 g/mol. The Bertz CT molecular complexity index is 439. The lowest BCUT2D eigenvalue weighted by atomic mass is 9.88. The Morgan fingerprint density at radius 1 is 1.31 bits per heavy atom. The first-order valence-electron chi connectivity index (χ1n) is 8.95. The van der Waals surface area contributed by atoms with Crippen LogP contribution in [0, 0.1) is 11.8 Å². The van der Waals surface area contributed by atoms with Crippen LogP contribution in [0.1, 0.15) is 58.8 Å². The van der Waals surface area contributed by atoms with Gasteiger partial charge in [0, 0.05) is 19.4 Å². The molecule has 0 bridgehead atoms. The van der Waals surface area contributed by atoms with Gasteiger partial charge in [-0.1, -0.05) is 20.3 Å². The molecule has 0 aliphatic carbocycles. The monoisotopic (exact) mass is 383 g/mol. The highest BCUT2D eigenvalue weighted by atomic mass is 19.4. The average Bonchev–Trinajstić information content (AvgIpc) is 2.55. The number of rotatable bonds is 11. The molecular weight excluding hydrogens is 355 g/mol. The number of carbonyl (C=O) groups is 2. The predicted octanol–water partition coefficient (Wildman–Crippen LogP) is 3.75. The first-order valence-corrected chi connectivity index (χ1v) is 8.95. The zero-order valence-electron chi connectivity index (χ0n) is 15.2. The summed E-state index contributed by atoms with van der Waals surface area (Å²) in [5.41, 5.74) is 0. The molecule has 0 aromatic rings. The smallest absolute Gasteiger partial charge is 0.389 e. The number of alkyl halides is 3. The van der Waals surface area contributed by atoms with Crippen LogP contribution in [0.4, 0.5) is 13.2 Å². The van der Waals surface area contributed by atoms with Crippen molar-refractivity contribution < 1.29 is 37.4 Å². The maximum atomic E-state index is 12.7. The first-order chi connectivity index (χ1) is 12.1. The van der Waals surface area contributed by atoms with E-state index in [0.29, 0.717) is 19.4 Å². The number of hydrogen-bond donors (Lipinski definition) is 1. The van der Waals surface area contributed by atoms with Crippen LogP contribution in [0.5, 0.6) is 0 Å². The molecule has 0 spiro atoms. The number of hydrogen-bond acceptors (Lipinski definition) is 4. The highest BCUT2D eigenvalue weighted by Gasteiger charge is 2.38. The number of ether oxygens (including phenoxy) is 1. The fraction of sp³-hybridized carbons (Fsp3) is 0.882. The van der Waals surface area contributed by atoms with Crippen LogP contribution >= 0.6 is 0 Å². The maximum Gasteiger partial charge on any atom is 0.389 e.